The summed E-state index contributed by atoms with van der Waals surface area (Å²) < 4.78 is 4.99. The van der Waals surface area contributed by atoms with Crippen molar-refractivity contribution in [3.05, 3.63) is 74.8 Å². The van der Waals surface area contributed by atoms with Gasteiger partial charge in [0.05, 0.1) is 9.95 Å². The summed E-state index contributed by atoms with van der Waals surface area (Å²) in [4.78, 5) is 33.3. The standard InChI is InChI=1S/C17H15ClN2O6/c18-14-9-13(20(24)25)7-6-12(14)8-15(16(21)22)19-17(23)26-10-11-4-2-1-3-5-11/h1-7,9,15H,8,10H2,(H,19,23)(H,21,22). The minimum Gasteiger partial charge on any atom is -0.480 e. The fourth-order valence-electron chi connectivity index (χ4n) is 2.14. The van der Waals surface area contributed by atoms with Crippen molar-refractivity contribution in [2.75, 3.05) is 0 Å². The molecule has 0 spiro atoms. The molecule has 2 aromatic rings. The summed E-state index contributed by atoms with van der Waals surface area (Å²) in [5.74, 6) is -1.28. The van der Waals surface area contributed by atoms with Gasteiger partial charge in [-0.2, -0.15) is 0 Å². The van der Waals surface area contributed by atoms with Crippen LogP contribution in [-0.4, -0.2) is 28.1 Å². The van der Waals surface area contributed by atoms with E-state index in [1.807, 2.05) is 6.07 Å². The Morgan fingerprint density at radius 1 is 1.23 bits per heavy atom. The summed E-state index contributed by atoms with van der Waals surface area (Å²) in [6.07, 6.45) is -1.04. The highest BCUT2D eigenvalue weighted by atomic mass is 35.5. The lowest BCUT2D eigenvalue weighted by atomic mass is 10.1. The maximum atomic E-state index is 11.8. The van der Waals surface area contributed by atoms with Crippen molar-refractivity contribution in [1.82, 2.24) is 5.32 Å². The average Bonchev–Trinajstić information content (AvgIpc) is 2.61. The predicted molar refractivity (Wildman–Crippen MR) is 93.0 cm³/mol. The summed E-state index contributed by atoms with van der Waals surface area (Å²) >= 11 is 5.96. The number of alkyl carbamates (subject to hydrolysis) is 1. The van der Waals surface area contributed by atoms with E-state index in [4.69, 9.17) is 16.3 Å². The van der Waals surface area contributed by atoms with Crippen molar-refractivity contribution in [1.29, 1.82) is 0 Å². The Bertz CT molecular complexity index is 812. The van der Waals surface area contributed by atoms with E-state index in [1.54, 1.807) is 24.3 Å². The molecule has 136 valence electrons. The molecule has 2 aromatic carbocycles. The fourth-order valence-corrected chi connectivity index (χ4v) is 2.39. The highest BCUT2D eigenvalue weighted by molar-refractivity contribution is 6.31. The Kier molecular flexibility index (Phi) is 6.51. The van der Waals surface area contributed by atoms with Crippen molar-refractivity contribution in [3.63, 3.8) is 0 Å². The highest BCUT2D eigenvalue weighted by Crippen LogP contribution is 2.23. The smallest absolute Gasteiger partial charge is 0.408 e. The number of aliphatic carboxylic acids is 1. The monoisotopic (exact) mass is 378 g/mol. The summed E-state index contributed by atoms with van der Waals surface area (Å²) in [7, 11) is 0. The number of benzene rings is 2. The van der Waals surface area contributed by atoms with Crippen molar-refractivity contribution >= 4 is 29.4 Å². The number of amides is 1. The molecule has 0 aliphatic heterocycles. The van der Waals surface area contributed by atoms with E-state index in [0.717, 1.165) is 11.6 Å². The van der Waals surface area contributed by atoms with Crippen LogP contribution in [0.4, 0.5) is 10.5 Å². The Balaban J connectivity index is 1.99. The van der Waals surface area contributed by atoms with Crippen LogP contribution in [0.5, 0.6) is 0 Å². The van der Waals surface area contributed by atoms with E-state index in [1.165, 1.54) is 12.1 Å². The van der Waals surface area contributed by atoms with Gasteiger partial charge in [0.15, 0.2) is 0 Å². The second kappa shape index (κ2) is 8.82. The first-order valence-corrected chi connectivity index (χ1v) is 7.87. The Labute approximate surface area is 153 Å². The number of ether oxygens (including phenoxy) is 1. The molecule has 1 unspecified atom stereocenters. The largest absolute Gasteiger partial charge is 0.480 e. The minimum absolute atomic E-state index is 0.00268. The second-order valence-electron chi connectivity index (χ2n) is 5.33. The van der Waals surface area contributed by atoms with Crippen molar-refractivity contribution < 1.29 is 24.4 Å². The number of nitro benzene ring substituents is 1. The Morgan fingerprint density at radius 3 is 2.50 bits per heavy atom. The number of nitrogens with zero attached hydrogens (tertiary/aromatic N) is 1. The molecule has 0 radical (unpaired) electrons. The van der Waals surface area contributed by atoms with Gasteiger partial charge in [-0.1, -0.05) is 48.0 Å². The van der Waals surface area contributed by atoms with Crippen molar-refractivity contribution in [2.24, 2.45) is 0 Å². The van der Waals surface area contributed by atoms with Gasteiger partial charge in [0.25, 0.3) is 5.69 Å². The maximum absolute atomic E-state index is 11.8. The normalized spacial score (nSPS) is 11.4. The summed E-state index contributed by atoms with van der Waals surface area (Å²) in [6, 6.07) is 11.3. The third kappa shape index (κ3) is 5.45. The van der Waals surface area contributed by atoms with E-state index in [-0.39, 0.29) is 23.7 Å². The first-order chi connectivity index (χ1) is 12.4. The number of carboxylic acid groups (broad SMARTS) is 1. The molecular weight excluding hydrogens is 364 g/mol. The van der Waals surface area contributed by atoms with Gasteiger partial charge in [0, 0.05) is 18.6 Å². The number of nitro groups is 1. The number of carboxylic acids is 1. The SMILES string of the molecule is O=C(NC(Cc1ccc([N+](=O)[O-])cc1Cl)C(=O)O)OCc1ccccc1. The van der Waals surface area contributed by atoms with Crippen LogP contribution >= 0.6 is 11.6 Å². The molecule has 8 nitrogen and oxygen atoms in total. The molecule has 9 heteroatoms. The van der Waals surface area contributed by atoms with Crippen LogP contribution in [0.1, 0.15) is 11.1 Å². The molecule has 2 N–H and O–H groups in total. The molecule has 0 fully saturated rings. The average molecular weight is 379 g/mol. The van der Waals surface area contributed by atoms with Crippen molar-refractivity contribution in [3.8, 4) is 0 Å². The number of hydrogen-bond donors (Lipinski definition) is 2. The van der Waals surface area contributed by atoms with Crippen LogP contribution in [-0.2, 0) is 22.6 Å². The van der Waals surface area contributed by atoms with E-state index in [0.29, 0.717) is 5.56 Å². The second-order valence-corrected chi connectivity index (χ2v) is 5.74. The summed E-state index contributed by atoms with van der Waals surface area (Å²) in [5, 5.41) is 22.3. The summed E-state index contributed by atoms with van der Waals surface area (Å²) in [5.41, 5.74) is 0.904. The van der Waals surface area contributed by atoms with Crippen molar-refractivity contribution in [2.45, 2.75) is 19.1 Å². The van der Waals surface area contributed by atoms with Gasteiger partial charge in [0.1, 0.15) is 12.6 Å². The van der Waals surface area contributed by atoms with E-state index < -0.39 is 23.0 Å². The number of non-ortho nitro benzene ring substituents is 1. The minimum atomic E-state index is -1.29. The number of carbonyl (C=O) groups excluding carboxylic acids is 1. The molecule has 1 amide bonds. The highest BCUT2D eigenvalue weighted by Gasteiger charge is 2.23. The molecule has 26 heavy (non-hydrogen) atoms. The quantitative estimate of drug-likeness (QED) is 0.564. The fraction of sp³-hybridized carbons (Fsp3) is 0.176. The molecule has 0 saturated heterocycles. The Morgan fingerprint density at radius 2 is 1.92 bits per heavy atom. The van der Waals surface area contributed by atoms with Crippen LogP contribution in [0, 0.1) is 10.1 Å². The third-order valence-electron chi connectivity index (χ3n) is 3.47. The zero-order chi connectivity index (χ0) is 19.1. The lowest BCUT2D eigenvalue weighted by Crippen LogP contribution is -2.42. The van der Waals surface area contributed by atoms with Crippen LogP contribution in [0.2, 0.25) is 5.02 Å². The predicted octanol–water partition coefficient (Wildman–Crippen LogP) is 3.17. The number of halogens is 1. The van der Waals surface area contributed by atoms with Gasteiger partial charge in [-0.05, 0) is 11.1 Å². The number of rotatable bonds is 7. The molecule has 1 atom stereocenters. The van der Waals surface area contributed by atoms with Crippen LogP contribution in [0.15, 0.2) is 48.5 Å². The van der Waals surface area contributed by atoms with Crippen LogP contribution < -0.4 is 5.32 Å². The molecule has 0 aromatic heterocycles. The zero-order valence-corrected chi connectivity index (χ0v) is 14.2. The lowest BCUT2D eigenvalue weighted by Gasteiger charge is -2.15. The van der Waals surface area contributed by atoms with Gasteiger partial charge < -0.3 is 15.2 Å². The number of hydrogen-bond acceptors (Lipinski definition) is 5. The molecule has 0 aliphatic rings. The molecule has 2 rings (SSSR count). The zero-order valence-electron chi connectivity index (χ0n) is 13.4. The van der Waals surface area contributed by atoms with E-state index >= 15 is 0 Å². The summed E-state index contributed by atoms with van der Waals surface area (Å²) in [6.45, 7) is -0.00268. The lowest BCUT2D eigenvalue weighted by molar-refractivity contribution is -0.384. The van der Waals surface area contributed by atoms with Gasteiger partial charge in [0.2, 0.25) is 0 Å². The first kappa shape index (κ1) is 19.2. The molecular formula is C17H15ClN2O6. The first-order valence-electron chi connectivity index (χ1n) is 7.49. The number of nitrogens with one attached hydrogen (secondary N) is 1. The molecule has 0 saturated carbocycles. The van der Waals surface area contributed by atoms with E-state index in [9.17, 15) is 24.8 Å². The third-order valence-corrected chi connectivity index (χ3v) is 3.83. The van der Waals surface area contributed by atoms with Gasteiger partial charge in [-0.3, -0.25) is 10.1 Å². The van der Waals surface area contributed by atoms with Crippen LogP contribution in [0.3, 0.4) is 0 Å². The van der Waals surface area contributed by atoms with Gasteiger partial charge in [-0.25, -0.2) is 9.59 Å². The van der Waals surface area contributed by atoms with Crippen LogP contribution in [0.25, 0.3) is 0 Å². The Hall–Kier alpha value is -3.13. The topological polar surface area (TPSA) is 119 Å². The number of carbonyl (C=O) groups is 2. The molecule has 0 aliphatic carbocycles. The maximum Gasteiger partial charge on any atom is 0.408 e. The van der Waals surface area contributed by atoms with Gasteiger partial charge in [-0.15, -0.1) is 0 Å². The van der Waals surface area contributed by atoms with Gasteiger partial charge >= 0.3 is 12.1 Å². The molecule has 0 heterocycles. The van der Waals surface area contributed by atoms with E-state index in [2.05, 4.69) is 5.32 Å². The molecule has 0 bridgehead atoms.